The molecule has 0 saturated carbocycles. The second-order valence-electron chi connectivity index (χ2n) is 5.23. The molecule has 0 radical (unpaired) electrons. The number of benzene rings is 2. The molecule has 0 N–H and O–H groups in total. The van der Waals surface area contributed by atoms with Gasteiger partial charge >= 0.3 is 0 Å². The van der Waals surface area contributed by atoms with Crippen LogP contribution >= 0.6 is 127 Å². The summed E-state index contributed by atoms with van der Waals surface area (Å²) in [5, 5.41) is 0. The first-order chi connectivity index (χ1) is 10.9. The molecule has 0 bridgehead atoms. The molecule has 0 amide bonds. The van der Waals surface area contributed by atoms with E-state index in [-0.39, 0.29) is 0 Å². The van der Waals surface area contributed by atoms with E-state index in [0.717, 1.165) is 34.6 Å². The summed E-state index contributed by atoms with van der Waals surface area (Å²) < 4.78 is 2.68. The third-order valence-electron chi connectivity index (χ3n) is 3.75. The number of halogens is 8. The van der Waals surface area contributed by atoms with Crippen molar-refractivity contribution in [2.24, 2.45) is 0 Å². The van der Waals surface area contributed by atoms with Crippen LogP contribution in [0.4, 0.5) is 0 Å². The topological polar surface area (TPSA) is 0 Å². The molecule has 8 heteroatoms. The Kier molecular flexibility index (Phi) is 7.84. The SMILES string of the molecule is Cc1ccccc1C(Br)(c1c(C)c(Br)c(Br)c(Br)c1Br)C(Br)(Br)Br. The average Bonchev–Trinajstić information content (AvgIpc) is 2.50. The number of rotatable bonds is 2. The molecule has 2 rings (SSSR count). The van der Waals surface area contributed by atoms with Gasteiger partial charge in [-0.3, -0.25) is 0 Å². The van der Waals surface area contributed by atoms with Gasteiger partial charge < -0.3 is 0 Å². The average molecular weight is 841 g/mol. The summed E-state index contributed by atoms with van der Waals surface area (Å²) >= 11 is 30.1. The van der Waals surface area contributed by atoms with Gasteiger partial charge in [0, 0.05) is 17.9 Å². The van der Waals surface area contributed by atoms with Crippen LogP contribution in [0.3, 0.4) is 0 Å². The van der Waals surface area contributed by atoms with E-state index in [1.165, 1.54) is 5.56 Å². The van der Waals surface area contributed by atoms with Gasteiger partial charge in [-0.1, -0.05) is 88.0 Å². The Morgan fingerprint density at radius 3 is 1.71 bits per heavy atom. The maximum Gasteiger partial charge on any atom is 0.158 e. The Morgan fingerprint density at radius 1 is 0.708 bits per heavy atom. The van der Waals surface area contributed by atoms with Crippen molar-refractivity contribution in [3.8, 4) is 0 Å². The molecule has 0 fully saturated rings. The van der Waals surface area contributed by atoms with Crippen LogP contribution in [0.25, 0.3) is 0 Å². The summed E-state index contributed by atoms with van der Waals surface area (Å²) in [5.41, 5.74) is 4.52. The van der Waals surface area contributed by atoms with Crippen molar-refractivity contribution in [1.82, 2.24) is 0 Å². The first kappa shape index (κ1) is 22.6. The van der Waals surface area contributed by atoms with E-state index >= 15 is 0 Å². The predicted octanol–water partition coefficient (Wildman–Crippen LogP) is 9.83. The Labute approximate surface area is 209 Å². The standard InChI is InChI=1S/C16H10Br8/c1-7-5-3-4-6-9(7)15(21,16(22,23)24)10-8(2)11(17)13(19)14(20)12(10)18/h3-6H,1-2H3. The lowest BCUT2D eigenvalue weighted by atomic mass is 9.87. The van der Waals surface area contributed by atoms with Gasteiger partial charge in [0.25, 0.3) is 0 Å². The van der Waals surface area contributed by atoms with E-state index in [9.17, 15) is 0 Å². The highest BCUT2D eigenvalue weighted by atomic mass is 80.0. The second kappa shape index (κ2) is 8.34. The Hall–Kier alpha value is 2.28. The zero-order chi connectivity index (χ0) is 18.4. The fraction of sp³-hybridized carbons (Fsp3) is 0.250. The van der Waals surface area contributed by atoms with Crippen molar-refractivity contribution in [1.29, 1.82) is 0 Å². The monoisotopic (exact) mass is 833 g/mol. The fourth-order valence-corrected chi connectivity index (χ4v) is 7.60. The van der Waals surface area contributed by atoms with Gasteiger partial charge in [0.15, 0.2) is 2.14 Å². The number of hydrogen-bond donors (Lipinski definition) is 0. The molecule has 0 aliphatic carbocycles. The zero-order valence-electron chi connectivity index (χ0n) is 12.3. The molecule has 24 heavy (non-hydrogen) atoms. The molecule has 0 aliphatic heterocycles. The minimum atomic E-state index is -0.619. The van der Waals surface area contributed by atoms with Gasteiger partial charge in [-0.2, -0.15) is 0 Å². The molecule has 130 valence electrons. The fourth-order valence-electron chi connectivity index (χ4n) is 2.54. The van der Waals surface area contributed by atoms with Crippen molar-refractivity contribution >= 4 is 127 Å². The van der Waals surface area contributed by atoms with Gasteiger partial charge in [0.1, 0.15) is 4.32 Å². The molecule has 0 nitrogen and oxygen atoms in total. The Morgan fingerprint density at radius 2 is 1.21 bits per heavy atom. The van der Waals surface area contributed by atoms with Gasteiger partial charge in [0.05, 0.1) is 0 Å². The van der Waals surface area contributed by atoms with Gasteiger partial charge in [0.2, 0.25) is 0 Å². The minimum absolute atomic E-state index is 0.597. The largest absolute Gasteiger partial charge is 0.158 e. The lowest BCUT2D eigenvalue weighted by molar-refractivity contribution is 0.806. The molecule has 2 aromatic rings. The summed E-state index contributed by atoms with van der Waals surface area (Å²) in [6.07, 6.45) is 0. The molecule has 0 heterocycles. The van der Waals surface area contributed by atoms with E-state index < -0.39 is 6.47 Å². The highest BCUT2D eigenvalue weighted by molar-refractivity contribution is 9.40. The third-order valence-corrected chi connectivity index (χ3v) is 13.5. The molecule has 1 unspecified atom stereocenters. The minimum Gasteiger partial charge on any atom is -0.0713 e. The molecular weight excluding hydrogens is 831 g/mol. The van der Waals surface area contributed by atoms with Gasteiger partial charge in [-0.05, 0) is 99.8 Å². The van der Waals surface area contributed by atoms with Gasteiger partial charge in [-0.15, -0.1) is 0 Å². The predicted molar refractivity (Wildman–Crippen MR) is 132 cm³/mol. The highest BCUT2D eigenvalue weighted by Gasteiger charge is 2.51. The van der Waals surface area contributed by atoms with Crippen LogP contribution < -0.4 is 0 Å². The number of alkyl halides is 4. The second-order valence-corrected chi connectivity index (χ2v) is 16.3. The van der Waals surface area contributed by atoms with Crippen LogP contribution in [-0.4, -0.2) is 2.14 Å². The lowest BCUT2D eigenvalue weighted by Gasteiger charge is -2.40. The number of aryl methyl sites for hydroxylation is 1. The normalized spacial score (nSPS) is 14.6. The number of hydrogen-bond acceptors (Lipinski definition) is 0. The van der Waals surface area contributed by atoms with E-state index in [1.54, 1.807) is 0 Å². The van der Waals surface area contributed by atoms with Gasteiger partial charge in [-0.25, -0.2) is 0 Å². The van der Waals surface area contributed by atoms with Crippen LogP contribution in [0.2, 0.25) is 0 Å². The van der Waals surface area contributed by atoms with Crippen LogP contribution in [0, 0.1) is 13.8 Å². The molecule has 0 spiro atoms. The molecule has 0 saturated heterocycles. The molecule has 0 aliphatic rings. The van der Waals surface area contributed by atoms with Crippen LogP contribution in [0.5, 0.6) is 0 Å². The van der Waals surface area contributed by atoms with Crippen LogP contribution in [0.15, 0.2) is 42.2 Å². The maximum atomic E-state index is 4.04. The van der Waals surface area contributed by atoms with E-state index in [0.29, 0.717) is 0 Å². The molecule has 2 aromatic carbocycles. The quantitative estimate of drug-likeness (QED) is 0.161. The summed E-state index contributed by atoms with van der Waals surface area (Å²) in [6, 6.07) is 8.32. The first-order valence-corrected chi connectivity index (χ1v) is 12.9. The van der Waals surface area contributed by atoms with Crippen molar-refractivity contribution in [2.45, 2.75) is 20.3 Å². The summed E-state index contributed by atoms with van der Waals surface area (Å²) in [6.45, 7) is 4.20. The Bertz CT molecular complexity index is 764. The van der Waals surface area contributed by atoms with Crippen molar-refractivity contribution in [3.05, 3.63) is 64.4 Å². The summed E-state index contributed by atoms with van der Waals surface area (Å²) in [4.78, 5) is 0. The first-order valence-electron chi connectivity index (χ1n) is 6.59. The molecular formula is C16H10Br8. The highest BCUT2D eigenvalue weighted by Crippen LogP contribution is 2.62. The Balaban J connectivity index is 3.00. The van der Waals surface area contributed by atoms with Crippen molar-refractivity contribution < 1.29 is 0 Å². The smallest absolute Gasteiger partial charge is 0.0713 e. The van der Waals surface area contributed by atoms with Crippen molar-refractivity contribution in [2.75, 3.05) is 0 Å². The maximum absolute atomic E-state index is 4.04. The van der Waals surface area contributed by atoms with E-state index in [4.69, 9.17) is 0 Å². The molecule has 1 atom stereocenters. The third kappa shape index (κ3) is 3.87. The molecule has 0 aromatic heterocycles. The lowest BCUT2D eigenvalue weighted by Crippen LogP contribution is -2.36. The van der Waals surface area contributed by atoms with Crippen molar-refractivity contribution in [3.63, 3.8) is 0 Å². The van der Waals surface area contributed by atoms with E-state index in [2.05, 4.69) is 153 Å². The van der Waals surface area contributed by atoms with Crippen LogP contribution in [-0.2, 0) is 4.32 Å². The summed E-state index contributed by atoms with van der Waals surface area (Å²) in [5.74, 6) is 0. The van der Waals surface area contributed by atoms with E-state index in [1.807, 2.05) is 12.1 Å². The zero-order valence-corrected chi connectivity index (χ0v) is 25.0. The summed E-state index contributed by atoms with van der Waals surface area (Å²) in [7, 11) is 0. The van der Waals surface area contributed by atoms with Crippen LogP contribution in [0.1, 0.15) is 22.3 Å².